The van der Waals surface area contributed by atoms with Crippen molar-refractivity contribution in [1.82, 2.24) is 0 Å². The summed E-state index contributed by atoms with van der Waals surface area (Å²) < 4.78 is 28.6. The molecule has 3 rings (SSSR count). The van der Waals surface area contributed by atoms with E-state index in [0.29, 0.717) is 5.56 Å². The Hall–Kier alpha value is -1.74. The Labute approximate surface area is 123 Å². The van der Waals surface area contributed by atoms with Gasteiger partial charge >= 0.3 is 0 Å². The van der Waals surface area contributed by atoms with Crippen molar-refractivity contribution in [2.24, 2.45) is 5.73 Å². The van der Waals surface area contributed by atoms with E-state index in [9.17, 15) is 8.78 Å². The van der Waals surface area contributed by atoms with Gasteiger partial charge in [-0.05, 0) is 37.0 Å². The summed E-state index contributed by atoms with van der Waals surface area (Å²) in [5.41, 5.74) is 7.54. The van der Waals surface area contributed by atoms with E-state index in [4.69, 9.17) is 5.73 Å². The molecule has 2 aromatic rings. The molecule has 1 fully saturated rings. The van der Waals surface area contributed by atoms with Crippen LogP contribution in [0.4, 0.5) is 8.78 Å². The van der Waals surface area contributed by atoms with Crippen LogP contribution in [0.5, 0.6) is 0 Å². The minimum absolute atomic E-state index is 0.0264. The second kappa shape index (κ2) is 5.23. The molecule has 1 nitrogen and oxygen atoms in total. The predicted molar refractivity (Wildman–Crippen MR) is 80.0 cm³/mol. The topological polar surface area (TPSA) is 26.0 Å². The molecule has 2 N–H and O–H groups in total. The highest BCUT2D eigenvalue weighted by molar-refractivity contribution is 5.38. The van der Waals surface area contributed by atoms with Crippen molar-refractivity contribution in [3.8, 4) is 0 Å². The predicted octanol–water partition coefficient (Wildman–Crippen LogP) is 4.39. The molecule has 0 amide bonds. The molecular weight excluding hydrogens is 268 g/mol. The van der Waals surface area contributed by atoms with Gasteiger partial charge in [0.25, 0.3) is 0 Å². The van der Waals surface area contributed by atoms with Crippen molar-refractivity contribution in [3.05, 3.63) is 70.8 Å². The highest BCUT2D eigenvalue weighted by Crippen LogP contribution is 2.51. The van der Waals surface area contributed by atoms with Crippen LogP contribution in [0.1, 0.15) is 42.0 Å². The Morgan fingerprint density at radius 1 is 1.05 bits per heavy atom. The van der Waals surface area contributed by atoms with Crippen LogP contribution < -0.4 is 5.73 Å². The van der Waals surface area contributed by atoms with E-state index < -0.39 is 17.7 Å². The zero-order valence-electron chi connectivity index (χ0n) is 12.1. The Morgan fingerprint density at radius 2 is 1.71 bits per heavy atom. The molecule has 1 saturated carbocycles. The monoisotopic (exact) mass is 287 g/mol. The number of nitrogens with two attached hydrogens (primary N) is 1. The lowest BCUT2D eigenvalue weighted by molar-refractivity contribution is 0.190. The minimum Gasteiger partial charge on any atom is -0.323 e. The number of aryl methyl sites for hydroxylation is 1. The van der Waals surface area contributed by atoms with Crippen molar-refractivity contribution in [2.75, 3.05) is 0 Å². The summed E-state index contributed by atoms with van der Waals surface area (Å²) in [6, 6.07) is 12.0. The summed E-state index contributed by atoms with van der Waals surface area (Å²) in [7, 11) is 0. The molecule has 0 aliphatic heterocycles. The lowest BCUT2D eigenvalue weighted by Gasteiger charge is -2.47. The number of hydrogen-bond acceptors (Lipinski definition) is 1. The fraction of sp³-hybridized carbons (Fsp3) is 0.333. The third kappa shape index (κ3) is 2.16. The number of hydrogen-bond donors (Lipinski definition) is 1. The van der Waals surface area contributed by atoms with E-state index in [2.05, 4.69) is 0 Å². The molecule has 21 heavy (non-hydrogen) atoms. The van der Waals surface area contributed by atoms with Gasteiger partial charge < -0.3 is 5.73 Å². The lowest BCUT2D eigenvalue weighted by atomic mass is 9.59. The van der Waals surface area contributed by atoms with E-state index in [-0.39, 0.29) is 11.0 Å². The van der Waals surface area contributed by atoms with Gasteiger partial charge in [-0.15, -0.1) is 0 Å². The summed E-state index contributed by atoms with van der Waals surface area (Å²) in [5, 5.41) is 0. The Balaban J connectivity index is 2.09. The summed E-state index contributed by atoms with van der Waals surface area (Å²) in [5.74, 6) is -1.06. The van der Waals surface area contributed by atoms with Crippen LogP contribution in [0, 0.1) is 18.6 Å². The van der Waals surface area contributed by atoms with Gasteiger partial charge in [-0.3, -0.25) is 0 Å². The zero-order valence-corrected chi connectivity index (χ0v) is 12.1. The van der Waals surface area contributed by atoms with Crippen molar-refractivity contribution in [3.63, 3.8) is 0 Å². The third-order valence-corrected chi connectivity index (χ3v) is 4.82. The average molecular weight is 287 g/mol. The molecule has 0 aromatic heterocycles. The van der Waals surface area contributed by atoms with Crippen LogP contribution in [0.2, 0.25) is 0 Å². The van der Waals surface area contributed by atoms with Crippen LogP contribution >= 0.6 is 0 Å². The first-order chi connectivity index (χ1) is 10.1. The lowest BCUT2D eigenvalue weighted by Crippen LogP contribution is -2.45. The van der Waals surface area contributed by atoms with Crippen molar-refractivity contribution >= 4 is 0 Å². The van der Waals surface area contributed by atoms with Crippen LogP contribution in [0.25, 0.3) is 0 Å². The van der Waals surface area contributed by atoms with E-state index >= 15 is 0 Å². The molecule has 0 spiro atoms. The molecule has 0 saturated heterocycles. The smallest absolute Gasteiger partial charge is 0.133 e. The van der Waals surface area contributed by atoms with Crippen molar-refractivity contribution < 1.29 is 8.78 Å². The Bertz CT molecular complexity index is 648. The molecule has 0 heterocycles. The molecule has 110 valence electrons. The van der Waals surface area contributed by atoms with Gasteiger partial charge in [0.2, 0.25) is 0 Å². The Morgan fingerprint density at radius 3 is 2.29 bits per heavy atom. The summed E-state index contributed by atoms with van der Waals surface area (Å²) >= 11 is 0. The molecule has 0 bridgehead atoms. The summed E-state index contributed by atoms with van der Waals surface area (Å²) in [6.07, 6.45) is 2.77. The van der Waals surface area contributed by atoms with Gasteiger partial charge in [-0.2, -0.15) is 0 Å². The van der Waals surface area contributed by atoms with Crippen LogP contribution in [-0.4, -0.2) is 0 Å². The molecule has 3 heteroatoms. The SMILES string of the molecule is Cc1ccc(F)c(C(N)C2(c3ccccc3)CCC2)c1F. The first-order valence-electron chi connectivity index (χ1n) is 7.32. The number of halogens is 2. The number of rotatable bonds is 3. The van der Waals surface area contributed by atoms with Gasteiger partial charge in [0.05, 0.1) is 0 Å². The van der Waals surface area contributed by atoms with Gasteiger partial charge in [-0.25, -0.2) is 8.78 Å². The van der Waals surface area contributed by atoms with Crippen LogP contribution in [0.15, 0.2) is 42.5 Å². The molecular formula is C18H19F2N. The van der Waals surface area contributed by atoms with Crippen LogP contribution in [0.3, 0.4) is 0 Å². The molecule has 1 aliphatic carbocycles. The summed E-state index contributed by atoms with van der Waals surface area (Å²) in [4.78, 5) is 0. The highest BCUT2D eigenvalue weighted by atomic mass is 19.1. The average Bonchev–Trinajstić information content (AvgIpc) is 2.43. The third-order valence-electron chi connectivity index (χ3n) is 4.82. The molecule has 1 atom stereocenters. The maximum atomic E-state index is 14.4. The van der Waals surface area contributed by atoms with Crippen molar-refractivity contribution in [1.29, 1.82) is 0 Å². The van der Waals surface area contributed by atoms with E-state index in [1.807, 2.05) is 30.3 Å². The fourth-order valence-electron chi connectivity index (χ4n) is 3.35. The standard InChI is InChI=1S/C18H19F2N/c1-12-8-9-14(19)15(16(12)20)17(21)18(10-5-11-18)13-6-3-2-4-7-13/h2-4,6-9,17H,5,10-11,21H2,1H3. The van der Waals surface area contributed by atoms with Crippen LogP contribution in [-0.2, 0) is 5.41 Å². The fourth-order valence-corrected chi connectivity index (χ4v) is 3.35. The van der Waals surface area contributed by atoms with Crippen molar-refractivity contribution in [2.45, 2.75) is 37.6 Å². The first kappa shape index (κ1) is 14.2. The summed E-state index contributed by atoms with van der Waals surface area (Å²) in [6.45, 7) is 1.64. The largest absolute Gasteiger partial charge is 0.323 e. The molecule has 2 aromatic carbocycles. The molecule has 1 aliphatic rings. The van der Waals surface area contributed by atoms with Gasteiger partial charge in [0.15, 0.2) is 0 Å². The van der Waals surface area contributed by atoms with E-state index in [1.54, 1.807) is 6.92 Å². The second-order valence-corrected chi connectivity index (χ2v) is 5.95. The first-order valence-corrected chi connectivity index (χ1v) is 7.32. The normalized spacial score (nSPS) is 18.1. The minimum atomic E-state index is -0.659. The molecule has 1 unspecified atom stereocenters. The number of benzene rings is 2. The maximum Gasteiger partial charge on any atom is 0.133 e. The quantitative estimate of drug-likeness (QED) is 0.890. The van der Waals surface area contributed by atoms with E-state index in [1.165, 1.54) is 12.1 Å². The maximum absolute atomic E-state index is 14.4. The van der Waals surface area contributed by atoms with Gasteiger partial charge in [0.1, 0.15) is 11.6 Å². The zero-order chi connectivity index (χ0) is 15.0. The Kier molecular flexibility index (Phi) is 3.54. The molecule has 0 radical (unpaired) electrons. The van der Waals surface area contributed by atoms with Gasteiger partial charge in [-0.1, -0.05) is 42.8 Å². The van der Waals surface area contributed by atoms with E-state index in [0.717, 1.165) is 24.8 Å². The van der Waals surface area contributed by atoms with Gasteiger partial charge in [0, 0.05) is 17.0 Å². The highest BCUT2D eigenvalue weighted by Gasteiger charge is 2.46. The second-order valence-electron chi connectivity index (χ2n) is 5.95.